The molecule has 5 heteroatoms. The predicted molar refractivity (Wildman–Crippen MR) is 86.4 cm³/mol. The lowest BCUT2D eigenvalue weighted by Gasteiger charge is -2.24. The molecule has 2 bridgehead atoms. The van der Waals surface area contributed by atoms with Gasteiger partial charge >= 0.3 is 5.97 Å². The molecule has 0 amide bonds. The minimum Gasteiger partial charge on any atom is -0.465 e. The van der Waals surface area contributed by atoms with Crippen molar-refractivity contribution < 1.29 is 9.53 Å². The van der Waals surface area contributed by atoms with Gasteiger partial charge in [0.1, 0.15) is 0 Å². The van der Waals surface area contributed by atoms with E-state index >= 15 is 0 Å². The van der Waals surface area contributed by atoms with Gasteiger partial charge in [-0.05, 0) is 61.5 Å². The normalized spacial score (nSPS) is 26.4. The highest BCUT2D eigenvalue weighted by molar-refractivity contribution is 7.80. The number of hydrogen-bond acceptors (Lipinski definition) is 3. The number of methoxy groups -OCH3 is 1. The highest BCUT2D eigenvalue weighted by atomic mass is 32.1. The second-order valence-corrected chi connectivity index (χ2v) is 6.36. The van der Waals surface area contributed by atoms with Gasteiger partial charge in [-0.25, -0.2) is 4.79 Å². The fourth-order valence-corrected chi connectivity index (χ4v) is 3.87. The fourth-order valence-electron chi connectivity index (χ4n) is 3.60. The number of hydrogen-bond donors (Lipinski definition) is 2. The first-order valence-corrected chi connectivity index (χ1v) is 7.82. The number of esters is 1. The topological polar surface area (TPSA) is 50.4 Å². The molecule has 1 aromatic rings. The zero-order valence-corrected chi connectivity index (χ0v) is 12.9. The van der Waals surface area contributed by atoms with Crippen LogP contribution < -0.4 is 10.6 Å². The minimum atomic E-state index is -0.342. The summed E-state index contributed by atoms with van der Waals surface area (Å²) in [5, 5.41) is 7.22. The SMILES string of the molecule is COC(=O)c1cccc(NC(=S)N[C@@H]2C[C@H]3CC[C@@H]2C3)c1. The van der Waals surface area contributed by atoms with Crippen LogP contribution in [-0.2, 0) is 4.74 Å². The molecule has 2 aliphatic rings. The van der Waals surface area contributed by atoms with Crippen LogP contribution in [0.5, 0.6) is 0 Å². The molecule has 2 fully saturated rings. The van der Waals surface area contributed by atoms with Crippen molar-refractivity contribution in [3.05, 3.63) is 29.8 Å². The Bertz CT molecular complexity index is 561. The van der Waals surface area contributed by atoms with Gasteiger partial charge in [-0.2, -0.15) is 0 Å². The first-order valence-electron chi connectivity index (χ1n) is 7.41. The summed E-state index contributed by atoms with van der Waals surface area (Å²) in [6, 6.07) is 7.69. The molecule has 0 unspecified atom stereocenters. The maximum absolute atomic E-state index is 11.5. The van der Waals surface area contributed by atoms with Crippen molar-refractivity contribution in [2.24, 2.45) is 11.8 Å². The van der Waals surface area contributed by atoms with Crippen molar-refractivity contribution in [2.75, 3.05) is 12.4 Å². The summed E-state index contributed by atoms with van der Waals surface area (Å²) >= 11 is 5.39. The number of anilines is 1. The molecular formula is C16H20N2O2S. The van der Waals surface area contributed by atoms with E-state index in [0.29, 0.717) is 16.7 Å². The van der Waals surface area contributed by atoms with Crippen LogP contribution >= 0.6 is 12.2 Å². The summed E-state index contributed by atoms with van der Waals surface area (Å²) in [5.74, 6) is 1.32. The Morgan fingerprint density at radius 3 is 2.86 bits per heavy atom. The third-order valence-corrected chi connectivity index (χ3v) is 4.82. The molecule has 112 valence electrons. The first-order chi connectivity index (χ1) is 10.2. The smallest absolute Gasteiger partial charge is 0.337 e. The van der Waals surface area contributed by atoms with Gasteiger partial charge in [0, 0.05) is 11.7 Å². The van der Waals surface area contributed by atoms with Crippen LogP contribution in [0.15, 0.2) is 24.3 Å². The lowest BCUT2D eigenvalue weighted by atomic mass is 9.96. The standard InChI is InChI=1S/C16H20N2O2S/c1-20-15(19)12-3-2-4-13(9-12)17-16(21)18-14-8-10-5-6-11(14)7-10/h2-4,9-11,14H,5-8H2,1H3,(H2,17,18,21)/t10-,11+,14+/m0/s1. The van der Waals surface area contributed by atoms with Gasteiger partial charge < -0.3 is 15.4 Å². The molecule has 0 radical (unpaired) electrons. The average molecular weight is 304 g/mol. The van der Waals surface area contributed by atoms with Crippen LogP contribution in [0, 0.1) is 11.8 Å². The number of ether oxygens (including phenoxy) is 1. The van der Waals surface area contributed by atoms with Crippen molar-refractivity contribution in [1.29, 1.82) is 0 Å². The minimum absolute atomic E-state index is 0.342. The highest BCUT2D eigenvalue weighted by Gasteiger charge is 2.39. The largest absolute Gasteiger partial charge is 0.465 e. The molecule has 0 saturated heterocycles. The molecule has 4 nitrogen and oxygen atoms in total. The number of carbonyl (C=O) groups is 1. The Labute approximate surface area is 130 Å². The maximum Gasteiger partial charge on any atom is 0.337 e. The van der Waals surface area contributed by atoms with Crippen LogP contribution in [0.2, 0.25) is 0 Å². The number of nitrogens with one attached hydrogen (secondary N) is 2. The van der Waals surface area contributed by atoms with Crippen LogP contribution in [0.25, 0.3) is 0 Å². The summed E-state index contributed by atoms with van der Waals surface area (Å²) < 4.78 is 4.72. The fraction of sp³-hybridized carbons (Fsp3) is 0.500. The molecule has 0 spiro atoms. The summed E-state index contributed by atoms with van der Waals surface area (Å²) in [4.78, 5) is 11.5. The van der Waals surface area contributed by atoms with Crippen molar-refractivity contribution in [2.45, 2.75) is 31.7 Å². The van der Waals surface area contributed by atoms with E-state index in [9.17, 15) is 4.79 Å². The maximum atomic E-state index is 11.5. The van der Waals surface area contributed by atoms with Crippen molar-refractivity contribution >= 4 is 29.0 Å². The molecule has 2 N–H and O–H groups in total. The Morgan fingerprint density at radius 2 is 2.19 bits per heavy atom. The number of benzene rings is 1. The second kappa shape index (κ2) is 6.02. The van der Waals surface area contributed by atoms with E-state index in [1.54, 1.807) is 12.1 Å². The molecule has 21 heavy (non-hydrogen) atoms. The predicted octanol–water partition coefficient (Wildman–Crippen LogP) is 2.95. The van der Waals surface area contributed by atoms with Gasteiger partial charge in [0.05, 0.1) is 12.7 Å². The summed E-state index contributed by atoms with van der Waals surface area (Å²) in [6.07, 6.45) is 5.28. The summed E-state index contributed by atoms with van der Waals surface area (Å²) in [6.45, 7) is 0. The van der Waals surface area contributed by atoms with Gasteiger partial charge in [0.2, 0.25) is 0 Å². The third kappa shape index (κ3) is 3.18. The van der Waals surface area contributed by atoms with E-state index < -0.39 is 0 Å². The van der Waals surface area contributed by atoms with Crippen LogP contribution in [0.4, 0.5) is 5.69 Å². The quantitative estimate of drug-likeness (QED) is 0.664. The molecule has 3 rings (SSSR count). The van der Waals surface area contributed by atoms with Gasteiger partial charge in [-0.15, -0.1) is 0 Å². The van der Waals surface area contributed by atoms with E-state index in [0.717, 1.165) is 17.5 Å². The molecule has 0 heterocycles. The van der Waals surface area contributed by atoms with E-state index in [-0.39, 0.29) is 5.97 Å². The number of thiocarbonyl (C=S) groups is 1. The Morgan fingerprint density at radius 1 is 1.33 bits per heavy atom. The van der Waals surface area contributed by atoms with Gasteiger partial charge in [-0.3, -0.25) is 0 Å². The van der Waals surface area contributed by atoms with Crippen LogP contribution in [0.3, 0.4) is 0 Å². The summed E-state index contributed by atoms with van der Waals surface area (Å²) in [5.41, 5.74) is 1.32. The molecule has 0 aliphatic heterocycles. The first kappa shape index (κ1) is 14.3. The Hall–Kier alpha value is -1.62. The Balaban J connectivity index is 1.58. The van der Waals surface area contributed by atoms with Crippen molar-refractivity contribution in [1.82, 2.24) is 5.32 Å². The van der Waals surface area contributed by atoms with E-state index in [4.69, 9.17) is 17.0 Å². The van der Waals surface area contributed by atoms with Crippen LogP contribution in [-0.4, -0.2) is 24.2 Å². The van der Waals surface area contributed by atoms with Crippen molar-refractivity contribution in [3.8, 4) is 0 Å². The third-order valence-electron chi connectivity index (χ3n) is 4.60. The van der Waals surface area contributed by atoms with Crippen LogP contribution in [0.1, 0.15) is 36.0 Å². The Kier molecular flexibility index (Phi) is 4.10. The van der Waals surface area contributed by atoms with Gasteiger partial charge in [0.25, 0.3) is 0 Å². The van der Waals surface area contributed by atoms with E-state index in [2.05, 4.69) is 10.6 Å². The molecule has 0 aromatic heterocycles. The monoisotopic (exact) mass is 304 g/mol. The molecule has 1 aromatic carbocycles. The number of carbonyl (C=O) groups excluding carboxylic acids is 1. The zero-order chi connectivity index (χ0) is 14.8. The zero-order valence-electron chi connectivity index (χ0n) is 12.1. The lowest BCUT2D eigenvalue weighted by molar-refractivity contribution is 0.0601. The lowest BCUT2D eigenvalue weighted by Crippen LogP contribution is -2.40. The molecule has 2 saturated carbocycles. The summed E-state index contributed by atoms with van der Waals surface area (Å²) in [7, 11) is 1.38. The molecule has 3 atom stereocenters. The van der Waals surface area contributed by atoms with Crippen molar-refractivity contribution in [3.63, 3.8) is 0 Å². The molecular weight excluding hydrogens is 284 g/mol. The van der Waals surface area contributed by atoms with E-state index in [1.165, 1.54) is 32.8 Å². The average Bonchev–Trinajstić information content (AvgIpc) is 3.09. The number of fused-ring (bicyclic) bond motifs is 2. The number of rotatable bonds is 3. The van der Waals surface area contributed by atoms with E-state index in [1.807, 2.05) is 12.1 Å². The van der Waals surface area contributed by atoms with Gasteiger partial charge in [0.15, 0.2) is 5.11 Å². The highest BCUT2D eigenvalue weighted by Crippen LogP contribution is 2.44. The molecule has 2 aliphatic carbocycles. The second-order valence-electron chi connectivity index (χ2n) is 5.95. The van der Waals surface area contributed by atoms with Gasteiger partial charge in [-0.1, -0.05) is 12.5 Å².